The Balaban J connectivity index is 2.16. The molecule has 1 aromatic rings. The number of anilines is 1. The maximum Gasteiger partial charge on any atom is 0.185 e. The van der Waals surface area contributed by atoms with Crippen LogP contribution in [0.5, 0.6) is 0 Å². The first kappa shape index (κ1) is 11.4. The van der Waals surface area contributed by atoms with Crippen LogP contribution in [0.3, 0.4) is 0 Å². The van der Waals surface area contributed by atoms with E-state index in [0.29, 0.717) is 0 Å². The highest BCUT2D eigenvalue weighted by molar-refractivity contribution is 9.08. The van der Waals surface area contributed by atoms with Gasteiger partial charge in [-0.1, -0.05) is 22.9 Å². The van der Waals surface area contributed by atoms with Gasteiger partial charge in [-0.3, -0.25) is 0 Å². The number of alkyl halides is 1. The van der Waals surface area contributed by atoms with E-state index in [4.69, 9.17) is 4.74 Å². The van der Waals surface area contributed by atoms with Crippen LogP contribution >= 0.6 is 27.3 Å². The lowest BCUT2D eigenvalue weighted by atomic mass is 10.3. The van der Waals surface area contributed by atoms with E-state index >= 15 is 0 Å². The van der Waals surface area contributed by atoms with Gasteiger partial charge < -0.3 is 9.64 Å². The summed E-state index contributed by atoms with van der Waals surface area (Å²) in [5.41, 5.74) is 1.23. The van der Waals surface area contributed by atoms with Gasteiger partial charge in [0, 0.05) is 23.3 Å². The molecule has 0 amide bonds. The standard InChI is InChI=1S/C10H15BrN2OS/c1-2-8-9(7-11)15-10(12-8)13-3-5-14-6-4-13/h2-7H2,1H3. The summed E-state index contributed by atoms with van der Waals surface area (Å²) in [4.78, 5) is 8.36. The van der Waals surface area contributed by atoms with Crippen molar-refractivity contribution >= 4 is 32.4 Å². The predicted octanol–water partition coefficient (Wildman–Crippen LogP) is 2.44. The lowest BCUT2D eigenvalue weighted by molar-refractivity contribution is 0.122. The molecule has 0 spiro atoms. The zero-order valence-corrected chi connectivity index (χ0v) is 11.2. The van der Waals surface area contributed by atoms with Crippen molar-refractivity contribution in [1.29, 1.82) is 0 Å². The van der Waals surface area contributed by atoms with E-state index in [9.17, 15) is 0 Å². The molecule has 2 rings (SSSR count). The van der Waals surface area contributed by atoms with Crippen molar-refractivity contribution < 1.29 is 4.74 Å². The third-order valence-corrected chi connectivity index (χ3v) is 4.60. The normalized spacial score (nSPS) is 17.1. The molecule has 0 aliphatic carbocycles. The predicted molar refractivity (Wildman–Crippen MR) is 67.2 cm³/mol. The minimum atomic E-state index is 0.824. The van der Waals surface area contributed by atoms with Crippen molar-refractivity contribution in [2.75, 3.05) is 31.2 Å². The molecule has 84 valence electrons. The van der Waals surface area contributed by atoms with E-state index in [1.165, 1.54) is 10.6 Å². The molecule has 1 aromatic heterocycles. The Morgan fingerprint density at radius 1 is 1.47 bits per heavy atom. The molecule has 0 radical (unpaired) electrons. The molecule has 0 unspecified atom stereocenters. The number of thiazole rings is 1. The first-order chi connectivity index (χ1) is 7.35. The van der Waals surface area contributed by atoms with Crippen molar-refractivity contribution in [2.24, 2.45) is 0 Å². The summed E-state index contributed by atoms with van der Waals surface area (Å²) in [6.45, 7) is 5.75. The van der Waals surface area contributed by atoms with E-state index in [1.807, 2.05) is 0 Å². The minimum Gasteiger partial charge on any atom is -0.378 e. The second-order valence-electron chi connectivity index (χ2n) is 3.45. The Labute approximate surface area is 103 Å². The first-order valence-electron chi connectivity index (χ1n) is 5.22. The van der Waals surface area contributed by atoms with Crippen LogP contribution in [0.15, 0.2) is 0 Å². The number of rotatable bonds is 3. The third-order valence-electron chi connectivity index (χ3n) is 2.50. The van der Waals surface area contributed by atoms with Gasteiger partial charge in [-0.2, -0.15) is 0 Å². The summed E-state index contributed by atoms with van der Waals surface area (Å²) in [5, 5.41) is 2.07. The molecule has 2 heterocycles. The molecule has 0 saturated carbocycles. The van der Waals surface area contributed by atoms with Crippen LogP contribution < -0.4 is 4.90 Å². The van der Waals surface area contributed by atoms with E-state index in [0.717, 1.165) is 43.2 Å². The second kappa shape index (κ2) is 5.27. The van der Waals surface area contributed by atoms with Gasteiger partial charge in [-0.15, -0.1) is 11.3 Å². The molecule has 0 N–H and O–H groups in total. The van der Waals surface area contributed by atoms with E-state index in [-0.39, 0.29) is 0 Å². The number of morpholine rings is 1. The summed E-state index contributed by atoms with van der Waals surface area (Å²) in [6.07, 6.45) is 1.02. The van der Waals surface area contributed by atoms with Crippen LogP contribution in [0.2, 0.25) is 0 Å². The molecule has 1 saturated heterocycles. The average molecular weight is 291 g/mol. The number of hydrogen-bond donors (Lipinski definition) is 0. The third kappa shape index (κ3) is 2.52. The fourth-order valence-corrected chi connectivity index (χ4v) is 3.36. The number of halogens is 1. The Hall–Kier alpha value is -0.130. The Morgan fingerprint density at radius 2 is 2.20 bits per heavy atom. The lowest BCUT2D eigenvalue weighted by Gasteiger charge is -2.26. The minimum absolute atomic E-state index is 0.824. The molecule has 0 aromatic carbocycles. The molecule has 1 fully saturated rings. The van der Waals surface area contributed by atoms with Gasteiger partial charge in [0.25, 0.3) is 0 Å². The zero-order chi connectivity index (χ0) is 10.7. The molecule has 0 atom stereocenters. The molecule has 1 aliphatic rings. The fraction of sp³-hybridized carbons (Fsp3) is 0.700. The van der Waals surface area contributed by atoms with Crippen molar-refractivity contribution in [3.63, 3.8) is 0 Å². The maximum atomic E-state index is 5.34. The van der Waals surface area contributed by atoms with Crippen molar-refractivity contribution in [1.82, 2.24) is 4.98 Å². The number of aryl methyl sites for hydroxylation is 1. The highest BCUT2D eigenvalue weighted by atomic mass is 79.9. The molecular formula is C10H15BrN2OS. The summed E-state index contributed by atoms with van der Waals surface area (Å²) < 4.78 is 5.34. The van der Waals surface area contributed by atoms with Gasteiger partial charge in [0.05, 0.1) is 18.9 Å². The maximum absolute atomic E-state index is 5.34. The number of ether oxygens (including phenoxy) is 1. The van der Waals surface area contributed by atoms with E-state index < -0.39 is 0 Å². The number of nitrogens with zero attached hydrogens (tertiary/aromatic N) is 2. The Bertz CT molecular complexity index is 302. The summed E-state index contributed by atoms with van der Waals surface area (Å²) >= 11 is 5.32. The first-order valence-corrected chi connectivity index (χ1v) is 7.16. The monoisotopic (exact) mass is 290 g/mol. The summed E-state index contributed by atoms with van der Waals surface area (Å²) in [6, 6.07) is 0. The SMILES string of the molecule is CCc1nc(N2CCOCC2)sc1CBr. The quantitative estimate of drug-likeness (QED) is 0.800. The van der Waals surface area contributed by atoms with Gasteiger partial charge in [-0.25, -0.2) is 4.98 Å². The van der Waals surface area contributed by atoms with Crippen LogP contribution in [-0.2, 0) is 16.5 Å². The van der Waals surface area contributed by atoms with Crippen molar-refractivity contribution in [3.05, 3.63) is 10.6 Å². The molecule has 15 heavy (non-hydrogen) atoms. The van der Waals surface area contributed by atoms with E-state index in [1.54, 1.807) is 11.3 Å². The Morgan fingerprint density at radius 3 is 2.73 bits per heavy atom. The molecule has 5 heteroatoms. The molecular weight excluding hydrogens is 276 g/mol. The number of hydrogen-bond acceptors (Lipinski definition) is 4. The van der Waals surface area contributed by atoms with Gasteiger partial charge in [0.1, 0.15) is 0 Å². The second-order valence-corrected chi connectivity index (χ2v) is 5.08. The Kier molecular flexibility index (Phi) is 3.99. The van der Waals surface area contributed by atoms with Gasteiger partial charge in [-0.05, 0) is 6.42 Å². The smallest absolute Gasteiger partial charge is 0.185 e. The van der Waals surface area contributed by atoms with Crippen molar-refractivity contribution in [3.8, 4) is 0 Å². The molecule has 3 nitrogen and oxygen atoms in total. The van der Waals surface area contributed by atoms with Gasteiger partial charge in [0.15, 0.2) is 5.13 Å². The van der Waals surface area contributed by atoms with Gasteiger partial charge in [0.2, 0.25) is 0 Å². The van der Waals surface area contributed by atoms with Crippen LogP contribution in [0.1, 0.15) is 17.5 Å². The largest absolute Gasteiger partial charge is 0.378 e. The molecule has 1 aliphatic heterocycles. The van der Waals surface area contributed by atoms with E-state index in [2.05, 4.69) is 32.7 Å². The summed E-state index contributed by atoms with van der Waals surface area (Å²) in [5.74, 6) is 0. The topological polar surface area (TPSA) is 25.4 Å². The van der Waals surface area contributed by atoms with Crippen LogP contribution in [0.25, 0.3) is 0 Å². The molecule has 0 bridgehead atoms. The summed E-state index contributed by atoms with van der Waals surface area (Å²) in [7, 11) is 0. The van der Waals surface area contributed by atoms with Gasteiger partial charge >= 0.3 is 0 Å². The fourth-order valence-electron chi connectivity index (χ4n) is 1.64. The van der Waals surface area contributed by atoms with Crippen molar-refractivity contribution in [2.45, 2.75) is 18.7 Å². The number of aromatic nitrogens is 1. The van der Waals surface area contributed by atoms with Crippen LogP contribution in [0.4, 0.5) is 5.13 Å². The van der Waals surface area contributed by atoms with Crippen LogP contribution in [-0.4, -0.2) is 31.3 Å². The van der Waals surface area contributed by atoms with Crippen LogP contribution in [0, 0.1) is 0 Å². The lowest BCUT2D eigenvalue weighted by Crippen LogP contribution is -2.36. The highest BCUT2D eigenvalue weighted by Gasteiger charge is 2.16. The average Bonchev–Trinajstić information content (AvgIpc) is 2.73. The zero-order valence-electron chi connectivity index (χ0n) is 8.83. The highest BCUT2D eigenvalue weighted by Crippen LogP contribution is 2.28.